The summed E-state index contributed by atoms with van der Waals surface area (Å²) in [5, 5.41) is 6.84. The zero-order valence-electron chi connectivity index (χ0n) is 11.7. The van der Waals surface area contributed by atoms with Gasteiger partial charge in [0.05, 0.1) is 20.5 Å². The standard InChI is InChI=1S/C15H16BrClN2OS/c1-3-15(20)19-10-4-5-11(17)12(8-10)18-9(2)13-6-7-14(16)21-13/h4-9,18H,3H2,1-2H3,(H,19,20). The topological polar surface area (TPSA) is 41.1 Å². The monoisotopic (exact) mass is 386 g/mol. The quantitative estimate of drug-likeness (QED) is 0.692. The molecule has 0 bridgehead atoms. The summed E-state index contributed by atoms with van der Waals surface area (Å²) in [6.45, 7) is 3.90. The number of rotatable bonds is 5. The van der Waals surface area contributed by atoms with E-state index in [0.29, 0.717) is 11.4 Å². The summed E-state index contributed by atoms with van der Waals surface area (Å²) in [7, 11) is 0. The number of benzene rings is 1. The Bertz CT molecular complexity index is 644. The SMILES string of the molecule is CCC(=O)Nc1ccc(Cl)c(NC(C)c2ccc(Br)s2)c1. The fourth-order valence-electron chi connectivity index (χ4n) is 1.83. The summed E-state index contributed by atoms with van der Waals surface area (Å²) in [6, 6.07) is 9.67. The zero-order valence-corrected chi connectivity index (χ0v) is 14.9. The highest BCUT2D eigenvalue weighted by Gasteiger charge is 2.11. The first kappa shape index (κ1) is 16.3. The normalized spacial score (nSPS) is 12.0. The maximum absolute atomic E-state index is 11.5. The van der Waals surface area contributed by atoms with Crippen molar-refractivity contribution in [2.24, 2.45) is 0 Å². The predicted molar refractivity (Wildman–Crippen MR) is 94.4 cm³/mol. The lowest BCUT2D eigenvalue weighted by Crippen LogP contribution is -2.10. The molecule has 3 nitrogen and oxygen atoms in total. The number of halogens is 2. The molecular formula is C15H16BrClN2OS. The third kappa shape index (κ3) is 4.46. The largest absolute Gasteiger partial charge is 0.376 e. The fraction of sp³-hybridized carbons (Fsp3) is 0.267. The van der Waals surface area contributed by atoms with Gasteiger partial charge in [-0.2, -0.15) is 0 Å². The lowest BCUT2D eigenvalue weighted by atomic mass is 10.2. The van der Waals surface area contributed by atoms with Crippen molar-refractivity contribution in [3.63, 3.8) is 0 Å². The molecule has 6 heteroatoms. The van der Waals surface area contributed by atoms with Crippen molar-refractivity contribution < 1.29 is 4.79 Å². The van der Waals surface area contributed by atoms with E-state index < -0.39 is 0 Å². The van der Waals surface area contributed by atoms with Gasteiger partial charge in [-0.3, -0.25) is 4.79 Å². The molecule has 2 aromatic rings. The maximum atomic E-state index is 11.5. The maximum Gasteiger partial charge on any atom is 0.224 e. The number of anilines is 2. The van der Waals surface area contributed by atoms with E-state index in [4.69, 9.17) is 11.6 Å². The molecule has 0 saturated carbocycles. The van der Waals surface area contributed by atoms with Crippen LogP contribution in [-0.2, 0) is 4.79 Å². The minimum atomic E-state index is -0.0153. The Morgan fingerprint density at radius 2 is 2.14 bits per heavy atom. The summed E-state index contributed by atoms with van der Waals surface area (Å²) in [4.78, 5) is 12.7. The van der Waals surface area contributed by atoms with Crippen LogP contribution in [0.5, 0.6) is 0 Å². The molecule has 0 aliphatic rings. The van der Waals surface area contributed by atoms with E-state index in [-0.39, 0.29) is 11.9 Å². The summed E-state index contributed by atoms with van der Waals surface area (Å²) in [5.41, 5.74) is 1.55. The number of hydrogen-bond acceptors (Lipinski definition) is 3. The van der Waals surface area contributed by atoms with Crippen LogP contribution in [-0.4, -0.2) is 5.91 Å². The van der Waals surface area contributed by atoms with Gasteiger partial charge in [-0.25, -0.2) is 0 Å². The number of hydrogen-bond donors (Lipinski definition) is 2. The molecule has 0 fully saturated rings. The Hall–Kier alpha value is -1.04. The van der Waals surface area contributed by atoms with Crippen LogP contribution in [0, 0.1) is 0 Å². The van der Waals surface area contributed by atoms with E-state index in [9.17, 15) is 4.79 Å². The van der Waals surface area contributed by atoms with Crippen molar-refractivity contribution in [3.8, 4) is 0 Å². The van der Waals surface area contributed by atoms with Crippen molar-refractivity contribution >= 4 is 56.1 Å². The third-order valence-electron chi connectivity index (χ3n) is 2.96. The van der Waals surface area contributed by atoms with Crippen LogP contribution in [0.15, 0.2) is 34.1 Å². The Morgan fingerprint density at radius 1 is 1.38 bits per heavy atom. The first-order valence-corrected chi connectivity index (χ1v) is 8.59. The van der Waals surface area contributed by atoms with Gasteiger partial charge in [0.25, 0.3) is 0 Å². The molecule has 0 spiro atoms. The van der Waals surface area contributed by atoms with E-state index in [1.165, 1.54) is 4.88 Å². The molecule has 2 N–H and O–H groups in total. The van der Waals surface area contributed by atoms with Gasteiger partial charge >= 0.3 is 0 Å². The van der Waals surface area contributed by atoms with E-state index in [0.717, 1.165) is 15.2 Å². The highest BCUT2D eigenvalue weighted by molar-refractivity contribution is 9.11. The van der Waals surface area contributed by atoms with Crippen molar-refractivity contribution in [2.75, 3.05) is 10.6 Å². The first-order valence-electron chi connectivity index (χ1n) is 6.60. The summed E-state index contributed by atoms with van der Waals surface area (Å²) in [6.07, 6.45) is 0.449. The number of carbonyl (C=O) groups excluding carboxylic acids is 1. The molecule has 21 heavy (non-hydrogen) atoms. The van der Waals surface area contributed by atoms with Crippen molar-refractivity contribution in [2.45, 2.75) is 26.3 Å². The van der Waals surface area contributed by atoms with Crippen molar-refractivity contribution in [1.29, 1.82) is 0 Å². The van der Waals surface area contributed by atoms with Gasteiger partial charge in [0.2, 0.25) is 5.91 Å². The third-order valence-corrected chi connectivity index (χ3v) is 5.10. The van der Waals surface area contributed by atoms with Crippen LogP contribution in [0.2, 0.25) is 5.02 Å². The van der Waals surface area contributed by atoms with Gasteiger partial charge in [-0.1, -0.05) is 18.5 Å². The van der Waals surface area contributed by atoms with Gasteiger partial charge in [0.1, 0.15) is 0 Å². The number of nitrogens with one attached hydrogen (secondary N) is 2. The Kier molecular flexibility index (Phi) is 5.67. The van der Waals surface area contributed by atoms with Gasteiger partial charge in [0, 0.05) is 17.0 Å². The second kappa shape index (κ2) is 7.29. The molecule has 1 heterocycles. The van der Waals surface area contributed by atoms with Crippen LogP contribution >= 0.6 is 38.9 Å². The van der Waals surface area contributed by atoms with Gasteiger partial charge in [-0.05, 0) is 53.2 Å². The molecule has 1 amide bonds. The summed E-state index contributed by atoms with van der Waals surface area (Å²) < 4.78 is 1.10. The second-order valence-electron chi connectivity index (χ2n) is 4.60. The predicted octanol–water partition coefficient (Wildman–Crippen LogP) is 5.69. The van der Waals surface area contributed by atoms with Gasteiger partial charge in [0.15, 0.2) is 0 Å². The van der Waals surface area contributed by atoms with Crippen LogP contribution in [0.4, 0.5) is 11.4 Å². The molecule has 1 aromatic heterocycles. The fourth-order valence-corrected chi connectivity index (χ4v) is 3.43. The molecule has 112 valence electrons. The molecular weight excluding hydrogens is 372 g/mol. The van der Waals surface area contributed by atoms with Crippen molar-refractivity contribution in [1.82, 2.24) is 0 Å². The molecule has 0 saturated heterocycles. The van der Waals surface area contributed by atoms with Crippen LogP contribution in [0.3, 0.4) is 0 Å². The van der Waals surface area contributed by atoms with Crippen LogP contribution in [0.1, 0.15) is 31.2 Å². The highest BCUT2D eigenvalue weighted by atomic mass is 79.9. The minimum absolute atomic E-state index is 0.0153. The Morgan fingerprint density at radius 3 is 2.76 bits per heavy atom. The first-order chi connectivity index (χ1) is 9.99. The Labute approximate surface area is 141 Å². The molecule has 1 aromatic carbocycles. The van der Waals surface area contributed by atoms with E-state index >= 15 is 0 Å². The van der Waals surface area contributed by atoms with E-state index in [1.807, 2.05) is 19.1 Å². The number of thiophene rings is 1. The van der Waals surface area contributed by atoms with Crippen LogP contribution in [0.25, 0.3) is 0 Å². The smallest absolute Gasteiger partial charge is 0.224 e. The highest BCUT2D eigenvalue weighted by Crippen LogP contribution is 2.32. The number of carbonyl (C=O) groups is 1. The lowest BCUT2D eigenvalue weighted by molar-refractivity contribution is -0.115. The molecule has 0 aliphatic carbocycles. The summed E-state index contributed by atoms with van der Waals surface area (Å²) in [5.74, 6) is -0.0153. The van der Waals surface area contributed by atoms with E-state index in [1.54, 1.807) is 23.5 Å². The molecule has 1 unspecified atom stereocenters. The van der Waals surface area contributed by atoms with Crippen LogP contribution < -0.4 is 10.6 Å². The zero-order chi connectivity index (χ0) is 15.4. The van der Waals surface area contributed by atoms with E-state index in [2.05, 4.69) is 39.6 Å². The average Bonchev–Trinajstić information content (AvgIpc) is 2.89. The van der Waals surface area contributed by atoms with Gasteiger partial charge in [-0.15, -0.1) is 11.3 Å². The molecule has 1 atom stereocenters. The summed E-state index contributed by atoms with van der Waals surface area (Å²) >= 11 is 11.4. The molecule has 2 rings (SSSR count). The lowest BCUT2D eigenvalue weighted by Gasteiger charge is -2.16. The average molecular weight is 388 g/mol. The minimum Gasteiger partial charge on any atom is -0.376 e. The number of amides is 1. The van der Waals surface area contributed by atoms with Crippen molar-refractivity contribution in [3.05, 3.63) is 44.0 Å². The molecule has 0 radical (unpaired) electrons. The Balaban J connectivity index is 2.15. The van der Waals surface area contributed by atoms with Gasteiger partial charge < -0.3 is 10.6 Å². The second-order valence-corrected chi connectivity index (χ2v) is 7.51. The molecule has 0 aliphatic heterocycles.